The van der Waals surface area contributed by atoms with E-state index in [2.05, 4.69) is 29.2 Å². The lowest BCUT2D eigenvalue weighted by Gasteiger charge is -2.31. The van der Waals surface area contributed by atoms with E-state index in [1.54, 1.807) is 0 Å². The van der Waals surface area contributed by atoms with Crippen molar-refractivity contribution >= 4 is 5.69 Å². The van der Waals surface area contributed by atoms with Crippen LogP contribution in [-0.2, 0) is 5.41 Å². The zero-order valence-corrected chi connectivity index (χ0v) is 11.9. The second-order valence-electron chi connectivity index (χ2n) is 6.29. The summed E-state index contributed by atoms with van der Waals surface area (Å²) in [4.78, 5) is 2.52. The van der Waals surface area contributed by atoms with Crippen LogP contribution in [0.5, 0.6) is 0 Å². The van der Waals surface area contributed by atoms with Crippen LogP contribution in [0.3, 0.4) is 0 Å². The smallest absolute Gasteiger partial charge is 0.0366 e. The highest BCUT2D eigenvalue weighted by Crippen LogP contribution is 2.40. The van der Waals surface area contributed by atoms with E-state index in [4.69, 9.17) is 5.73 Å². The minimum Gasteiger partial charge on any atom is -0.372 e. The van der Waals surface area contributed by atoms with Crippen LogP contribution in [-0.4, -0.2) is 19.6 Å². The van der Waals surface area contributed by atoms with Gasteiger partial charge in [0.15, 0.2) is 0 Å². The van der Waals surface area contributed by atoms with Gasteiger partial charge >= 0.3 is 0 Å². The number of hydrogen-bond acceptors (Lipinski definition) is 2. The topological polar surface area (TPSA) is 29.3 Å². The summed E-state index contributed by atoms with van der Waals surface area (Å²) in [6.07, 6.45) is 9.29. The van der Waals surface area contributed by atoms with Gasteiger partial charge in [-0.1, -0.05) is 25.0 Å². The molecule has 1 saturated carbocycles. The van der Waals surface area contributed by atoms with Crippen molar-refractivity contribution in [1.29, 1.82) is 0 Å². The van der Waals surface area contributed by atoms with E-state index in [1.165, 1.54) is 69.3 Å². The molecule has 2 heteroatoms. The molecule has 0 unspecified atom stereocenters. The van der Waals surface area contributed by atoms with Crippen LogP contribution >= 0.6 is 0 Å². The summed E-state index contributed by atoms with van der Waals surface area (Å²) >= 11 is 0. The average Bonchev–Trinajstić information content (AvgIpc) is 2.98. The van der Waals surface area contributed by atoms with Crippen LogP contribution in [0, 0.1) is 0 Å². The molecular formula is C17H26N2. The van der Waals surface area contributed by atoms with Gasteiger partial charge in [-0.15, -0.1) is 0 Å². The predicted molar refractivity (Wildman–Crippen MR) is 81.7 cm³/mol. The van der Waals surface area contributed by atoms with E-state index in [0.29, 0.717) is 0 Å². The Morgan fingerprint density at radius 2 is 1.53 bits per heavy atom. The molecule has 0 aromatic heterocycles. The van der Waals surface area contributed by atoms with Gasteiger partial charge in [0.25, 0.3) is 0 Å². The van der Waals surface area contributed by atoms with Crippen LogP contribution in [0.4, 0.5) is 5.69 Å². The maximum Gasteiger partial charge on any atom is 0.0366 e. The lowest BCUT2D eigenvalue weighted by molar-refractivity contribution is 0.453. The molecule has 2 nitrogen and oxygen atoms in total. The lowest BCUT2D eigenvalue weighted by atomic mass is 9.79. The molecule has 1 aliphatic heterocycles. The number of rotatable bonds is 3. The van der Waals surface area contributed by atoms with Gasteiger partial charge in [-0.3, -0.25) is 0 Å². The Hall–Kier alpha value is -1.02. The van der Waals surface area contributed by atoms with Gasteiger partial charge < -0.3 is 10.6 Å². The fraction of sp³-hybridized carbons (Fsp3) is 0.647. The third-order valence-electron chi connectivity index (χ3n) is 5.15. The molecule has 1 aliphatic carbocycles. The molecule has 0 atom stereocenters. The molecule has 0 amide bonds. The maximum atomic E-state index is 6.07. The summed E-state index contributed by atoms with van der Waals surface area (Å²) in [5.74, 6) is 0. The molecule has 1 saturated heterocycles. The van der Waals surface area contributed by atoms with Crippen molar-refractivity contribution < 1.29 is 0 Å². The van der Waals surface area contributed by atoms with Crippen LogP contribution in [0.15, 0.2) is 24.3 Å². The Morgan fingerprint density at radius 1 is 0.895 bits per heavy atom. The number of anilines is 1. The largest absolute Gasteiger partial charge is 0.372 e. The molecule has 1 aromatic rings. The fourth-order valence-electron chi connectivity index (χ4n) is 3.84. The minimum atomic E-state index is 0.278. The number of hydrogen-bond donors (Lipinski definition) is 1. The lowest BCUT2D eigenvalue weighted by Crippen LogP contribution is -2.32. The molecule has 2 N–H and O–H groups in total. The van der Waals surface area contributed by atoms with Gasteiger partial charge in [0, 0.05) is 30.7 Å². The van der Waals surface area contributed by atoms with E-state index in [1.807, 2.05) is 0 Å². The standard InChI is InChI=1S/C17H26N2/c18-14-17(10-2-3-11-17)15-6-8-16(9-7-15)19-12-4-1-5-13-19/h6-9H,1-5,10-14,18H2. The van der Waals surface area contributed by atoms with Crippen molar-refractivity contribution in [2.75, 3.05) is 24.5 Å². The first kappa shape index (κ1) is 13.0. The molecule has 0 bridgehead atoms. The molecule has 1 aromatic carbocycles. The molecule has 1 heterocycles. The third kappa shape index (κ3) is 2.51. The minimum absolute atomic E-state index is 0.278. The number of nitrogens with two attached hydrogens (primary N) is 1. The van der Waals surface area contributed by atoms with Crippen molar-refractivity contribution in [2.24, 2.45) is 5.73 Å². The van der Waals surface area contributed by atoms with E-state index in [9.17, 15) is 0 Å². The molecule has 2 aliphatic rings. The van der Waals surface area contributed by atoms with Crippen LogP contribution in [0.2, 0.25) is 0 Å². The summed E-state index contributed by atoms with van der Waals surface area (Å²) in [6, 6.07) is 9.30. The molecule has 0 spiro atoms. The molecule has 2 fully saturated rings. The van der Waals surface area contributed by atoms with E-state index < -0.39 is 0 Å². The van der Waals surface area contributed by atoms with Crippen LogP contribution in [0.1, 0.15) is 50.5 Å². The molecule has 19 heavy (non-hydrogen) atoms. The maximum absolute atomic E-state index is 6.07. The van der Waals surface area contributed by atoms with Crippen LogP contribution in [0.25, 0.3) is 0 Å². The van der Waals surface area contributed by atoms with Crippen molar-refractivity contribution in [3.63, 3.8) is 0 Å². The summed E-state index contributed by atoms with van der Waals surface area (Å²) in [7, 11) is 0. The molecule has 104 valence electrons. The Morgan fingerprint density at radius 3 is 2.11 bits per heavy atom. The van der Waals surface area contributed by atoms with Gasteiger partial charge in [0.05, 0.1) is 0 Å². The predicted octanol–water partition coefficient (Wildman–Crippen LogP) is 3.45. The van der Waals surface area contributed by atoms with Crippen molar-refractivity contribution in [1.82, 2.24) is 0 Å². The quantitative estimate of drug-likeness (QED) is 0.900. The Kier molecular flexibility index (Phi) is 3.79. The first-order valence-corrected chi connectivity index (χ1v) is 7.90. The van der Waals surface area contributed by atoms with Crippen LogP contribution < -0.4 is 10.6 Å². The van der Waals surface area contributed by atoms with E-state index in [-0.39, 0.29) is 5.41 Å². The summed E-state index contributed by atoms with van der Waals surface area (Å²) < 4.78 is 0. The zero-order valence-electron chi connectivity index (χ0n) is 11.9. The van der Waals surface area contributed by atoms with Crippen molar-refractivity contribution in [2.45, 2.75) is 50.4 Å². The first-order valence-electron chi connectivity index (χ1n) is 7.90. The fourth-order valence-corrected chi connectivity index (χ4v) is 3.84. The van der Waals surface area contributed by atoms with Gasteiger partial charge in [-0.05, 0) is 49.8 Å². The summed E-state index contributed by atoms with van der Waals surface area (Å²) in [5.41, 5.74) is 9.21. The second kappa shape index (κ2) is 5.54. The van der Waals surface area contributed by atoms with Crippen molar-refractivity contribution in [3.8, 4) is 0 Å². The highest BCUT2D eigenvalue weighted by Gasteiger charge is 2.34. The highest BCUT2D eigenvalue weighted by atomic mass is 15.1. The van der Waals surface area contributed by atoms with E-state index >= 15 is 0 Å². The average molecular weight is 258 g/mol. The summed E-state index contributed by atoms with van der Waals surface area (Å²) in [5, 5.41) is 0. The summed E-state index contributed by atoms with van der Waals surface area (Å²) in [6.45, 7) is 3.25. The number of benzene rings is 1. The number of piperidine rings is 1. The molecule has 3 rings (SSSR count). The SMILES string of the molecule is NCC1(c2ccc(N3CCCCC3)cc2)CCCC1. The van der Waals surface area contributed by atoms with Crippen molar-refractivity contribution in [3.05, 3.63) is 29.8 Å². The van der Waals surface area contributed by atoms with Gasteiger partial charge in [0.1, 0.15) is 0 Å². The highest BCUT2D eigenvalue weighted by molar-refractivity contribution is 5.49. The first-order chi connectivity index (χ1) is 9.34. The zero-order chi connectivity index (χ0) is 13.1. The number of nitrogens with zero attached hydrogens (tertiary/aromatic N) is 1. The van der Waals surface area contributed by atoms with Gasteiger partial charge in [-0.25, -0.2) is 0 Å². The Labute approximate surface area is 117 Å². The van der Waals surface area contributed by atoms with E-state index in [0.717, 1.165) is 6.54 Å². The normalized spacial score (nSPS) is 22.7. The third-order valence-corrected chi connectivity index (χ3v) is 5.15. The Balaban J connectivity index is 1.78. The Bertz CT molecular complexity index is 398. The second-order valence-corrected chi connectivity index (χ2v) is 6.29. The monoisotopic (exact) mass is 258 g/mol. The molecular weight excluding hydrogens is 232 g/mol. The van der Waals surface area contributed by atoms with Gasteiger partial charge in [0.2, 0.25) is 0 Å². The van der Waals surface area contributed by atoms with Gasteiger partial charge in [-0.2, -0.15) is 0 Å². The molecule has 0 radical (unpaired) electrons.